The number of aryl methyl sites for hydroxylation is 2. The SMILES string of the molecule is Cc1ccc(C)c(COc2ccc(C=NNc3ccc(C(F)(F)F)cc3)cc2)c1. The first kappa shape index (κ1) is 20.5. The lowest BCUT2D eigenvalue weighted by molar-refractivity contribution is -0.137. The Morgan fingerprint density at radius 2 is 1.62 bits per heavy atom. The molecule has 3 rings (SSSR count). The van der Waals surface area contributed by atoms with Gasteiger partial charge in [-0.3, -0.25) is 5.43 Å². The second kappa shape index (κ2) is 8.82. The fourth-order valence-electron chi connectivity index (χ4n) is 2.68. The average Bonchev–Trinajstić information content (AvgIpc) is 2.69. The summed E-state index contributed by atoms with van der Waals surface area (Å²) in [4.78, 5) is 0. The zero-order valence-corrected chi connectivity index (χ0v) is 16.1. The van der Waals surface area contributed by atoms with Gasteiger partial charge in [-0.05, 0) is 79.1 Å². The normalized spacial score (nSPS) is 11.6. The van der Waals surface area contributed by atoms with Gasteiger partial charge >= 0.3 is 6.18 Å². The predicted octanol–water partition coefficient (Wildman–Crippen LogP) is 6.35. The Labute approximate surface area is 167 Å². The van der Waals surface area contributed by atoms with E-state index in [1.807, 2.05) is 24.3 Å². The second-order valence-corrected chi connectivity index (χ2v) is 6.73. The van der Waals surface area contributed by atoms with Crippen molar-refractivity contribution in [1.29, 1.82) is 0 Å². The molecular formula is C23H21F3N2O. The van der Waals surface area contributed by atoms with Crippen LogP contribution in [0.2, 0.25) is 0 Å². The van der Waals surface area contributed by atoms with Crippen molar-refractivity contribution in [3.05, 3.63) is 94.5 Å². The number of nitrogens with zero attached hydrogens (tertiary/aromatic N) is 1. The van der Waals surface area contributed by atoms with Crippen molar-refractivity contribution >= 4 is 11.9 Å². The Kier molecular flexibility index (Phi) is 6.22. The molecule has 0 bridgehead atoms. The number of benzene rings is 3. The molecule has 0 spiro atoms. The Balaban J connectivity index is 1.54. The van der Waals surface area contributed by atoms with E-state index in [2.05, 4.69) is 42.6 Å². The summed E-state index contributed by atoms with van der Waals surface area (Å²) in [6, 6.07) is 18.4. The van der Waals surface area contributed by atoms with Gasteiger partial charge in [-0.1, -0.05) is 23.8 Å². The molecule has 0 aliphatic heterocycles. The Hall–Kier alpha value is -3.28. The number of halogens is 3. The van der Waals surface area contributed by atoms with E-state index in [1.54, 1.807) is 6.21 Å². The van der Waals surface area contributed by atoms with E-state index in [-0.39, 0.29) is 0 Å². The monoisotopic (exact) mass is 398 g/mol. The molecule has 0 radical (unpaired) electrons. The first-order valence-corrected chi connectivity index (χ1v) is 9.06. The number of anilines is 1. The lowest BCUT2D eigenvalue weighted by atomic mass is 10.1. The van der Waals surface area contributed by atoms with Gasteiger partial charge in [0.15, 0.2) is 0 Å². The second-order valence-electron chi connectivity index (χ2n) is 6.73. The maximum atomic E-state index is 12.6. The first-order valence-electron chi connectivity index (χ1n) is 9.06. The Morgan fingerprint density at radius 1 is 0.931 bits per heavy atom. The molecule has 3 nitrogen and oxygen atoms in total. The third-order valence-electron chi connectivity index (χ3n) is 4.40. The van der Waals surface area contributed by atoms with Crippen molar-refractivity contribution < 1.29 is 17.9 Å². The largest absolute Gasteiger partial charge is 0.489 e. The van der Waals surface area contributed by atoms with Crippen molar-refractivity contribution in [2.45, 2.75) is 26.6 Å². The van der Waals surface area contributed by atoms with Gasteiger partial charge in [-0.25, -0.2) is 0 Å². The summed E-state index contributed by atoms with van der Waals surface area (Å²) in [7, 11) is 0. The molecule has 0 saturated heterocycles. The van der Waals surface area contributed by atoms with Gasteiger partial charge in [0.1, 0.15) is 12.4 Å². The number of ether oxygens (including phenoxy) is 1. The summed E-state index contributed by atoms with van der Waals surface area (Å²) in [6.45, 7) is 4.60. The molecule has 150 valence electrons. The molecular weight excluding hydrogens is 377 g/mol. The molecule has 0 amide bonds. The van der Waals surface area contributed by atoms with Crippen LogP contribution in [0.1, 0.15) is 27.8 Å². The van der Waals surface area contributed by atoms with Gasteiger partial charge in [-0.2, -0.15) is 18.3 Å². The molecule has 0 atom stereocenters. The molecule has 3 aromatic rings. The average molecular weight is 398 g/mol. The summed E-state index contributed by atoms with van der Waals surface area (Å²) in [5.74, 6) is 0.749. The molecule has 0 saturated carbocycles. The lowest BCUT2D eigenvalue weighted by Crippen LogP contribution is -2.04. The van der Waals surface area contributed by atoms with Crippen LogP contribution in [-0.4, -0.2) is 6.21 Å². The van der Waals surface area contributed by atoms with E-state index in [0.717, 1.165) is 29.0 Å². The van der Waals surface area contributed by atoms with Crippen LogP contribution in [0.3, 0.4) is 0 Å². The molecule has 0 aliphatic rings. The van der Waals surface area contributed by atoms with E-state index in [9.17, 15) is 13.2 Å². The summed E-state index contributed by atoms with van der Waals surface area (Å²) in [6.07, 6.45) is -2.75. The van der Waals surface area contributed by atoms with Gasteiger partial charge in [-0.15, -0.1) is 0 Å². The number of nitrogens with one attached hydrogen (secondary N) is 1. The summed E-state index contributed by atoms with van der Waals surface area (Å²) < 4.78 is 43.5. The summed E-state index contributed by atoms with van der Waals surface area (Å²) >= 11 is 0. The molecule has 0 fully saturated rings. The maximum Gasteiger partial charge on any atom is 0.416 e. The minimum Gasteiger partial charge on any atom is -0.489 e. The quantitative estimate of drug-likeness (QED) is 0.388. The van der Waals surface area contributed by atoms with E-state index in [1.165, 1.54) is 23.3 Å². The lowest BCUT2D eigenvalue weighted by Gasteiger charge is -2.10. The molecule has 0 unspecified atom stereocenters. The number of alkyl halides is 3. The zero-order chi connectivity index (χ0) is 20.9. The van der Waals surface area contributed by atoms with Crippen LogP contribution in [0, 0.1) is 13.8 Å². The van der Waals surface area contributed by atoms with Gasteiger partial charge in [0.2, 0.25) is 0 Å². The van der Waals surface area contributed by atoms with Crippen LogP contribution in [0.15, 0.2) is 71.8 Å². The van der Waals surface area contributed by atoms with Gasteiger partial charge in [0.25, 0.3) is 0 Å². The van der Waals surface area contributed by atoms with Crippen molar-refractivity contribution in [2.75, 3.05) is 5.43 Å². The Bertz CT molecular complexity index is 978. The van der Waals surface area contributed by atoms with Crippen LogP contribution in [0.5, 0.6) is 5.75 Å². The zero-order valence-electron chi connectivity index (χ0n) is 16.1. The minimum atomic E-state index is -4.34. The Morgan fingerprint density at radius 3 is 2.28 bits per heavy atom. The molecule has 0 aromatic heterocycles. The number of hydrogen-bond acceptors (Lipinski definition) is 3. The van der Waals surface area contributed by atoms with Crippen LogP contribution in [0.25, 0.3) is 0 Å². The third kappa shape index (κ3) is 5.85. The number of hydrazone groups is 1. The van der Waals surface area contributed by atoms with E-state index >= 15 is 0 Å². The first-order chi connectivity index (χ1) is 13.8. The van der Waals surface area contributed by atoms with Crippen molar-refractivity contribution in [3.63, 3.8) is 0 Å². The molecule has 0 aliphatic carbocycles. The summed E-state index contributed by atoms with van der Waals surface area (Å²) in [5, 5.41) is 4.05. The van der Waals surface area contributed by atoms with Gasteiger partial charge in [0.05, 0.1) is 17.5 Å². The standard InChI is InChI=1S/C23H21F3N2O/c1-16-3-4-17(2)19(13-16)15-29-22-11-5-18(6-12-22)14-27-28-21-9-7-20(8-10-21)23(24,25)26/h3-14,28H,15H2,1-2H3. The molecule has 6 heteroatoms. The number of rotatable bonds is 6. The van der Waals surface area contributed by atoms with E-state index in [4.69, 9.17) is 4.74 Å². The summed E-state index contributed by atoms with van der Waals surface area (Å²) in [5.41, 5.74) is 6.87. The molecule has 0 heterocycles. The highest BCUT2D eigenvalue weighted by Gasteiger charge is 2.29. The molecule has 29 heavy (non-hydrogen) atoms. The van der Waals surface area contributed by atoms with Crippen molar-refractivity contribution in [1.82, 2.24) is 0 Å². The highest BCUT2D eigenvalue weighted by molar-refractivity contribution is 5.80. The van der Waals surface area contributed by atoms with Crippen LogP contribution < -0.4 is 10.2 Å². The van der Waals surface area contributed by atoms with Crippen LogP contribution >= 0.6 is 0 Å². The van der Waals surface area contributed by atoms with Crippen molar-refractivity contribution in [3.8, 4) is 5.75 Å². The fourth-order valence-corrected chi connectivity index (χ4v) is 2.68. The highest BCUT2D eigenvalue weighted by atomic mass is 19.4. The predicted molar refractivity (Wildman–Crippen MR) is 109 cm³/mol. The smallest absolute Gasteiger partial charge is 0.416 e. The molecule has 3 aromatic carbocycles. The number of hydrogen-bond donors (Lipinski definition) is 1. The third-order valence-corrected chi connectivity index (χ3v) is 4.40. The van der Waals surface area contributed by atoms with Crippen LogP contribution in [-0.2, 0) is 12.8 Å². The van der Waals surface area contributed by atoms with E-state index in [0.29, 0.717) is 12.3 Å². The van der Waals surface area contributed by atoms with Gasteiger partial charge < -0.3 is 4.74 Å². The minimum absolute atomic E-state index is 0.475. The van der Waals surface area contributed by atoms with E-state index < -0.39 is 11.7 Å². The molecule has 1 N–H and O–H groups in total. The highest BCUT2D eigenvalue weighted by Crippen LogP contribution is 2.29. The fraction of sp³-hybridized carbons (Fsp3) is 0.174. The van der Waals surface area contributed by atoms with Gasteiger partial charge in [0, 0.05) is 0 Å². The maximum absolute atomic E-state index is 12.6. The topological polar surface area (TPSA) is 33.6 Å². The van der Waals surface area contributed by atoms with Crippen molar-refractivity contribution in [2.24, 2.45) is 5.10 Å². The van der Waals surface area contributed by atoms with Crippen LogP contribution in [0.4, 0.5) is 18.9 Å².